The molecule has 3 atom stereocenters. The maximum absolute atomic E-state index is 13.4. The molecule has 1 aliphatic rings. The molecule has 156 valence electrons. The van der Waals surface area contributed by atoms with E-state index in [1.165, 1.54) is 4.90 Å². The second-order valence-corrected chi connectivity index (χ2v) is 9.25. The van der Waals surface area contributed by atoms with Gasteiger partial charge in [0, 0.05) is 12.7 Å². The highest BCUT2D eigenvalue weighted by Crippen LogP contribution is 2.31. The van der Waals surface area contributed by atoms with E-state index in [4.69, 9.17) is 0 Å². The summed E-state index contributed by atoms with van der Waals surface area (Å²) in [6.07, 6.45) is 3.16. The first-order valence-electron chi connectivity index (χ1n) is 9.24. The summed E-state index contributed by atoms with van der Waals surface area (Å²) >= 11 is 0. The van der Waals surface area contributed by atoms with Crippen molar-refractivity contribution in [3.63, 3.8) is 0 Å². The fraction of sp³-hybridized carbons (Fsp3) is 0.611. The molecule has 2 amide bonds. The van der Waals surface area contributed by atoms with E-state index >= 15 is 0 Å². The Labute approximate surface area is 166 Å². The van der Waals surface area contributed by atoms with Crippen LogP contribution in [0.3, 0.4) is 0 Å². The number of hydrogen-bond donors (Lipinski definition) is 3. The zero-order valence-electron chi connectivity index (χ0n) is 16.9. The minimum absolute atomic E-state index is 0.0760. The van der Waals surface area contributed by atoms with Crippen molar-refractivity contribution >= 4 is 27.7 Å². The molecule has 1 aliphatic heterocycles. The molecule has 0 fully saturated rings. The lowest BCUT2D eigenvalue weighted by atomic mass is 10.0. The van der Waals surface area contributed by atoms with Crippen molar-refractivity contribution in [3.05, 3.63) is 23.9 Å². The number of carbonyl (C=O) groups excluding carboxylic acids is 2. The first kappa shape index (κ1) is 22.3. The predicted molar refractivity (Wildman–Crippen MR) is 107 cm³/mol. The van der Waals surface area contributed by atoms with Crippen LogP contribution in [-0.4, -0.2) is 63.2 Å². The van der Waals surface area contributed by atoms with Gasteiger partial charge in [-0.05, 0) is 37.9 Å². The Morgan fingerprint density at radius 1 is 1.32 bits per heavy atom. The molecule has 1 aromatic rings. The molecule has 0 radical (unpaired) electrons. The Balaban J connectivity index is 2.31. The van der Waals surface area contributed by atoms with Crippen LogP contribution in [0.5, 0.6) is 0 Å². The topological polar surface area (TPSA) is 120 Å². The van der Waals surface area contributed by atoms with Crippen molar-refractivity contribution in [2.24, 2.45) is 5.92 Å². The smallest absolute Gasteiger partial charge is 0.251 e. The van der Waals surface area contributed by atoms with E-state index in [1.807, 2.05) is 19.9 Å². The molecule has 28 heavy (non-hydrogen) atoms. The third-order valence-electron chi connectivity index (χ3n) is 4.79. The Bertz CT molecular complexity index is 827. The molecule has 0 aliphatic carbocycles. The zero-order chi connectivity index (χ0) is 21.1. The molecule has 2 unspecified atom stereocenters. The van der Waals surface area contributed by atoms with Crippen LogP contribution in [0.4, 0.5) is 5.82 Å². The van der Waals surface area contributed by atoms with E-state index in [0.29, 0.717) is 12.2 Å². The number of likely N-dealkylation sites (N-methyl/N-ethyl adjacent to an activating group) is 1. The molecule has 2 heterocycles. The highest BCUT2D eigenvalue weighted by Gasteiger charge is 2.39. The number of aromatic nitrogens is 1. The van der Waals surface area contributed by atoms with Gasteiger partial charge in [-0.2, -0.15) is 0 Å². The SMILES string of the molecule is CNC(C)C(=O)N[C@H](C(=O)N1c2ncccc2CC1CNS(C)(=O)=O)C(C)C. The number of nitrogens with zero attached hydrogens (tertiary/aromatic N) is 2. The monoisotopic (exact) mass is 411 g/mol. The molecule has 9 nitrogen and oxygen atoms in total. The summed E-state index contributed by atoms with van der Waals surface area (Å²) in [5, 5.41) is 5.66. The first-order valence-corrected chi connectivity index (χ1v) is 11.1. The van der Waals surface area contributed by atoms with Gasteiger partial charge >= 0.3 is 0 Å². The van der Waals surface area contributed by atoms with Gasteiger partial charge in [0.25, 0.3) is 5.91 Å². The summed E-state index contributed by atoms with van der Waals surface area (Å²) in [4.78, 5) is 31.6. The lowest BCUT2D eigenvalue weighted by Gasteiger charge is -2.31. The van der Waals surface area contributed by atoms with Crippen molar-refractivity contribution in [3.8, 4) is 0 Å². The van der Waals surface area contributed by atoms with E-state index in [9.17, 15) is 18.0 Å². The normalized spacial score (nSPS) is 18.6. The lowest BCUT2D eigenvalue weighted by molar-refractivity contribution is -0.129. The molecule has 1 aromatic heterocycles. The van der Waals surface area contributed by atoms with Crippen LogP contribution in [-0.2, 0) is 26.0 Å². The molecule has 0 saturated carbocycles. The largest absolute Gasteiger partial charge is 0.343 e. The first-order chi connectivity index (χ1) is 13.0. The number of sulfonamides is 1. The van der Waals surface area contributed by atoms with Crippen LogP contribution in [0.2, 0.25) is 0 Å². The van der Waals surface area contributed by atoms with Crippen molar-refractivity contribution in [1.29, 1.82) is 0 Å². The average Bonchev–Trinajstić information content (AvgIpc) is 3.00. The Kier molecular flexibility index (Phi) is 7.13. The highest BCUT2D eigenvalue weighted by atomic mass is 32.2. The van der Waals surface area contributed by atoms with Gasteiger partial charge in [0.1, 0.15) is 11.9 Å². The molecular weight excluding hydrogens is 382 g/mol. The fourth-order valence-corrected chi connectivity index (χ4v) is 3.59. The molecule has 0 aromatic carbocycles. The fourth-order valence-electron chi connectivity index (χ4n) is 3.09. The van der Waals surface area contributed by atoms with Crippen molar-refractivity contribution in [1.82, 2.24) is 20.3 Å². The summed E-state index contributed by atoms with van der Waals surface area (Å²) in [6.45, 7) is 5.49. The van der Waals surface area contributed by atoms with Gasteiger partial charge in [-0.3, -0.25) is 14.5 Å². The van der Waals surface area contributed by atoms with Crippen LogP contribution in [0.1, 0.15) is 26.3 Å². The second-order valence-electron chi connectivity index (χ2n) is 7.41. The van der Waals surface area contributed by atoms with Crippen LogP contribution >= 0.6 is 0 Å². The van der Waals surface area contributed by atoms with Crippen LogP contribution in [0, 0.1) is 5.92 Å². The number of rotatable bonds is 8. The van der Waals surface area contributed by atoms with Crippen LogP contribution in [0.15, 0.2) is 18.3 Å². The van der Waals surface area contributed by atoms with Gasteiger partial charge in [0.15, 0.2) is 0 Å². The minimum Gasteiger partial charge on any atom is -0.343 e. The predicted octanol–water partition coefficient (Wildman–Crippen LogP) is -0.363. The van der Waals surface area contributed by atoms with E-state index in [2.05, 4.69) is 20.3 Å². The number of amides is 2. The van der Waals surface area contributed by atoms with Gasteiger partial charge in [-0.15, -0.1) is 0 Å². The van der Waals surface area contributed by atoms with E-state index in [-0.39, 0.29) is 24.3 Å². The average molecular weight is 412 g/mol. The van der Waals surface area contributed by atoms with E-state index < -0.39 is 28.1 Å². The molecular formula is C18H29N5O4S. The molecule has 0 bridgehead atoms. The second kappa shape index (κ2) is 8.97. The Hall–Kier alpha value is -2.04. The summed E-state index contributed by atoms with van der Waals surface area (Å²) in [7, 11) is -1.73. The maximum Gasteiger partial charge on any atom is 0.251 e. The van der Waals surface area contributed by atoms with Gasteiger partial charge in [-0.25, -0.2) is 18.1 Å². The van der Waals surface area contributed by atoms with E-state index in [0.717, 1.165) is 11.8 Å². The minimum atomic E-state index is -3.40. The highest BCUT2D eigenvalue weighted by molar-refractivity contribution is 7.88. The Morgan fingerprint density at radius 2 is 2.00 bits per heavy atom. The summed E-state index contributed by atoms with van der Waals surface area (Å²) in [6, 6.07) is 2.05. The summed E-state index contributed by atoms with van der Waals surface area (Å²) in [5.41, 5.74) is 0.869. The molecule has 10 heteroatoms. The van der Waals surface area contributed by atoms with Crippen LogP contribution < -0.4 is 20.3 Å². The van der Waals surface area contributed by atoms with Crippen molar-refractivity contribution in [2.75, 3.05) is 24.7 Å². The van der Waals surface area contributed by atoms with E-state index in [1.54, 1.807) is 26.2 Å². The van der Waals surface area contributed by atoms with Crippen LogP contribution in [0.25, 0.3) is 0 Å². The number of anilines is 1. The number of hydrogen-bond acceptors (Lipinski definition) is 6. The number of nitrogens with one attached hydrogen (secondary N) is 3. The quantitative estimate of drug-likeness (QED) is 0.537. The standard InChI is InChI=1S/C18H29N5O4S/c1-11(2)15(22-17(24)12(3)19-4)18(25)23-14(10-21-28(5,26)27)9-13-7-6-8-20-16(13)23/h6-8,11-12,14-15,19,21H,9-10H2,1-5H3,(H,22,24)/t12?,14?,15-/m0/s1. The number of carbonyl (C=O) groups is 2. The third kappa shape index (κ3) is 5.27. The molecule has 0 saturated heterocycles. The van der Waals surface area contributed by atoms with Crippen molar-refractivity contribution in [2.45, 2.75) is 45.3 Å². The zero-order valence-corrected chi connectivity index (χ0v) is 17.7. The third-order valence-corrected chi connectivity index (χ3v) is 5.48. The molecule has 2 rings (SSSR count). The van der Waals surface area contributed by atoms with Gasteiger partial charge in [0.05, 0.1) is 18.3 Å². The maximum atomic E-state index is 13.4. The molecule has 0 spiro atoms. The van der Waals surface area contributed by atoms with Gasteiger partial charge in [-0.1, -0.05) is 19.9 Å². The number of pyridine rings is 1. The lowest BCUT2D eigenvalue weighted by Crippen LogP contribution is -2.57. The Morgan fingerprint density at radius 3 is 2.57 bits per heavy atom. The summed E-state index contributed by atoms with van der Waals surface area (Å²) in [5.74, 6) is -0.226. The summed E-state index contributed by atoms with van der Waals surface area (Å²) < 4.78 is 25.6. The van der Waals surface area contributed by atoms with Gasteiger partial charge in [0.2, 0.25) is 15.9 Å². The van der Waals surface area contributed by atoms with Crippen molar-refractivity contribution < 1.29 is 18.0 Å². The van der Waals surface area contributed by atoms with Gasteiger partial charge < -0.3 is 10.6 Å². The molecule has 3 N–H and O–H groups in total. The number of fused-ring (bicyclic) bond motifs is 1.